The lowest BCUT2D eigenvalue weighted by Crippen LogP contribution is -2.38. The fraction of sp³-hybridized carbons (Fsp3) is 0.517. The lowest BCUT2D eigenvalue weighted by molar-refractivity contribution is -0.132. The number of aromatic amines is 1. The fourth-order valence-electron chi connectivity index (χ4n) is 5.71. The smallest absolute Gasteiger partial charge is 0.229 e. The first kappa shape index (κ1) is 27.4. The summed E-state index contributed by atoms with van der Waals surface area (Å²) in [6.07, 6.45) is 7.85. The molecule has 3 N–H and O–H groups in total. The van der Waals surface area contributed by atoms with Crippen molar-refractivity contribution in [3.8, 4) is 0 Å². The number of nitrogens with one attached hydrogen (secondary N) is 3. The number of nitrogens with zero attached hydrogens (tertiary/aromatic N) is 5. The van der Waals surface area contributed by atoms with Gasteiger partial charge < -0.3 is 20.4 Å². The Kier molecular flexibility index (Phi) is 8.67. The Bertz CT molecular complexity index is 1290. The summed E-state index contributed by atoms with van der Waals surface area (Å²) in [4.78, 5) is 26.3. The minimum atomic E-state index is 0.319. The lowest BCUT2D eigenvalue weighted by atomic mass is 9.85. The molecule has 3 aromatic rings. The third-order valence-corrected chi connectivity index (χ3v) is 8.18. The van der Waals surface area contributed by atoms with Gasteiger partial charge in [-0.3, -0.25) is 9.89 Å². The number of hydrogen-bond acceptors (Lipinski definition) is 7. The van der Waals surface area contributed by atoms with E-state index in [1.54, 1.807) is 6.20 Å². The molecule has 0 atom stereocenters. The molecule has 0 spiro atoms. The SMILES string of the molecule is Cc1cc(Nc2nc(Nc3cc(C)c(C4CCN(C(=O)CCCN5CCCC5)CC4)cc3C)ncc2Cl)n[nH]1. The van der Waals surface area contributed by atoms with Gasteiger partial charge in [-0.1, -0.05) is 17.7 Å². The molecule has 1 amide bonds. The molecule has 2 aliphatic rings. The zero-order valence-corrected chi connectivity index (χ0v) is 23.9. The van der Waals surface area contributed by atoms with Crippen molar-refractivity contribution in [1.82, 2.24) is 30.0 Å². The maximum absolute atomic E-state index is 12.8. The van der Waals surface area contributed by atoms with Crippen LogP contribution in [0.25, 0.3) is 0 Å². The highest BCUT2D eigenvalue weighted by molar-refractivity contribution is 6.32. The van der Waals surface area contributed by atoms with Crippen LogP contribution in [0.5, 0.6) is 0 Å². The molecule has 10 heteroatoms. The van der Waals surface area contributed by atoms with Crippen molar-refractivity contribution in [3.63, 3.8) is 0 Å². The van der Waals surface area contributed by atoms with Crippen LogP contribution in [0.1, 0.15) is 66.8 Å². The molecular weight excluding hydrogens is 512 g/mol. The number of halogens is 1. The van der Waals surface area contributed by atoms with Crippen LogP contribution in [0.2, 0.25) is 5.02 Å². The van der Waals surface area contributed by atoms with Crippen LogP contribution < -0.4 is 10.6 Å². The van der Waals surface area contributed by atoms with E-state index >= 15 is 0 Å². The molecule has 5 rings (SSSR count). The minimum Gasteiger partial charge on any atom is -0.343 e. The number of piperidine rings is 1. The van der Waals surface area contributed by atoms with Gasteiger partial charge in [-0.25, -0.2) is 4.98 Å². The molecule has 208 valence electrons. The second kappa shape index (κ2) is 12.3. The van der Waals surface area contributed by atoms with Crippen LogP contribution in [0, 0.1) is 20.8 Å². The highest BCUT2D eigenvalue weighted by atomic mass is 35.5. The first-order valence-electron chi connectivity index (χ1n) is 14.1. The highest BCUT2D eigenvalue weighted by Crippen LogP contribution is 2.34. The van der Waals surface area contributed by atoms with Crippen LogP contribution in [-0.4, -0.2) is 68.6 Å². The highest BCUT2D eigenvalue weighted by Gasteiger charge is 2.25. The Morgan fingerprint density at radius 3 is 2.54 bits per heavy atom. The molecule has 0 bridgehead atoms. The quantitative estimate of drug-likeness (QED) is 0.307. The lowest BCUT2D eigenvalue weighted by Gasteiger charge is -2.33. The summed E-state index contributed by atoms with van der Waals surface area (Å²) in [6, 6.07) is 6.33. The monoisotopic (exact) mass is 550 g/mol. The standard InChI is InChI=1S/C29H39ClN8O/c1-19-16-25(32-29-31-18-24(30)28(34-29)33-26-17-21(3)35-36-26)20(2)15-23(19)22-8-13-38(14-9-22)27(39)7-6-12-37-10-4-5-11-37/h15-18,22H,4-14H2,1-3H3,(H3,31,32,33,34,35,36). The summed E-state index contributed by atoms with van der Waals surface area (Å²) in [7, 11) is 0. The number of aromatic nitrogens is 4. The Morgan fingerprint density at radius 1 is 1.05 bits per heavy atom. The van der Waals surface area contributed by atoms with Crippen molar-refractivity contribution in [3.05, 3.63) is 51.8 Å². The maximum Gasteiger partial charge on any atom is 0.229 e. The normalized spacial score (nSPS) is 16.6. The molecule has 9 nitrogen and oxygen atoms in total. The maximum atomic E-state index is 12.8. The number of benzene rings is 1. The van der Waals surface area contributed by atoms with Gasteiger partial charge in [0.2, 0.25) is 11.9 Å². The number of carbonyl (C=O) groups excluding carboxylic acids is 1. The second-order valence-corrected chi connectivity index (χ2v) is 11.3. The summed E-state index contributed by atoms with van der Waals surface area (Å²) in [5, 5.41) is 14.0. The Balaban J connectivity index is 1.17. The Labute approximate surface area is 235 Å². The molecule has 0 radical (unpaired) electrons. The first-order chi connectivity index (χ1) is 18.9. The average molecular weight is 551 g/mol. The van der Waals surface area contributed by atoms with Gasteiger partial charge in [-0.2, -0.15) is 10.1 Å². The molecule has 0 saturated carbocycles. The predicted octanol–water partition coefficient (Wildman–Crippen LogP) is 5.85. The number of hydrogen-bond donors (Lipinski definition) is 3. The van der Waals surface area contributed by atoms with E-state index in [0.717, 1.165) is 55.8 Å². The molecule has 39 heavy (non-hydrogen) atoms. The van der Waals surface area contributed by atoms with E-state index in [9.17, 15) is 4.79 Å². The van der Waals surface area contributed by atoms with Gasteiger partial charge in [-0.15, -0.1) is 0 Å². The summed E-state index contributed by atoms with van der Waals surface area (Å²) in [5.74, 6) is 2.38. The molecule has 0 unspecified atom stereocenters. The molecule has 1 aromatic carbocycles. The minimum absolute atomic E-state index is 0.319. The molecule has 4 heterocycles. The molecule has 0 aliphatic carbocycles. The van der Waals surface area contributed by atoms with Crippen molar-refractivity contribution >= 4 is 40.8 Å². The summed E-state index contributed by atoms with van der Waals surface area (Å²) in [5.41, 5.74) is 5.64. The third-order valence-electron chi connectivity index (χ3n) is 7.91. The van der Waals surface area contributed by atoms with Crippen molar-refractivity contribution < 1.29 is 4.79 Å². The average Bonchev–Trinajstić information content (AvgIpc) is 3.59. The van der Waals surface area contributed by atoms with E-state index in [1.807, 2.05) is 13.0 Å². The summed E-state index contributed by atoms with van der Waals surface area (Å²) < 4.78 is 0. The first-order valence-corrected chi connectivity index (χ1v) is 14.4. The number of amides is 1. The van der Waals surface area contributed by atoms with Gasteiger partial charge in [0.25, 0.3) is 0 Å². The van der Waals surface area contributed by atoms with E-state index in [4.69, 9.17) is 11.6 Å². The number of rotatable bonds is 9. The zero-order chi connectivity index (χ0) is 27.4. The third kappa shape index (κ3) is 6.89. The van der Waals surface area contributed by atoms with E-state index in [0.29, 0.717) is 40.9 Å². The number of aryl methyl sites for hydroxylation is 3. The van der Waals surface area contributed by atoms with Crippen molar-refractivity contribution in [2.24, 2.45) is 0 Å². The predicted molar refractivity (Wildman–Crippen MR) is 156 cm³/mol. The van der Waals surface area contributed by atoms with E-state index in [2.05, 4.69) is 66.6 Å². The van der Waals surface area contributed by atoms with E-state index in [-0.39, 0.29) is 0 Å². The van der Waals surface area contributed by atoms with Crippen LogP contribution in [0.4, 0.5) is 23.3 Å². The number of anilines is 4. The second-order valence-electron chi connectivity index (χ2n) is 10.9. The van der Waals surface area contributed by atoms with Gasteiger partial charge >= 0.3 is 0 Å². The zero-order valence-electron chi connectivity index (χ0n) is 23.2. The topological polar surface area (TPSA) is 102 Å². The van der Waals surface area contributed by atoms with E-state index < -0.39 is 0 Å². The molecule has 2 fully saturated rings. The van der Waals surface area contributed by atoms with Crippen LogP contribution >= 0.6 is 11.6 Å². The Hall–Kier alpha value is -3.17. The van der Waals surface area contributed by atoms with Crippen molar-refractivity contribution in [2.45, 2.75) is 65.2 Å². The largest absolute Gasteiger partial charge is 0.343 e. The molecule has 2 aromatic heterocycles. The number of H-pyrrole nitrogens is 1. The van der Waals surface area contributed by atoms with Crippen molar-refractivity contribution in [1.29, 1.82) is 0 Å². The van der Waals surface area contributed by atoms with Crippen molar-refractivity contribution in [2.75, 3.05) is 43.4 Å². The fourth-order valence-corrected chi connectivity index (χ4v) is 5.85. The van der Waals surface area contributed by atoms with Gasteiger partial charge in [0.15, 0.2) is 11.6 Å². The van der Waals surface area contributed by atoms with Crippen LogP contribution in [0.3, 0.4) is 0 Å². The molecule has 2 aliphatic heterocycles. The van der Waals surface area contributed by atoms with Gasteiger partial charge in [0.05, 0.1) is 6.20 Å². The van der Waals surface area contributed by atoms with Crippen LogP contribution in [0.15, 0.2) is 24.4 Å². The van der Waals surface area contributed by atoms with Gasteiger partial charge in [-0.05, 0) is 101 Å². The summed E-state index contributed by atoms with van der Waals surface area (Å²) in [6.45, 7) is 11.3. The number of likely N-dealkylation sites (tertiary alicyclic amines) is 2. The van der Waals surface area contributed by atoms with E-state index in [1.165, 1.54) is 37.1 Å². The van der Waals surface area contributed by atoms with Gasteiger partial charge in [0, 0.05) is 37.0 Å². The Morgan fingerprint density at radius 2 is 1.82 bits per heavy atom. The summed E-state index contributed by atoms with van der Waals surface area (Å²) >= 11 is 6.32. The molecule has 2 saturated heterocycles. The number of carbonyl (C=O) groups is 1. The molecular formula is C29H39ClN8O. The van der Waals surface area contributed by atoms with Crippen LogP contribution in [-0.2, 0) is 4.79 Å². The van der Waals surface area contributed by atoms with Gasteiger partial charge in [0.1, 0.15) is 5.02 Å².